The van der Waals surface area contributed by atoms with E-state index in [1.165, 1.54) is 30.0 Å². The summed E-state index contributed by atoms with van der Waals surface area (Å²) in [6.07, 6.45) is 0.602. The third kappa shape index (κ3) is 5.67. The topological polar surface area (TPSA) is 143 Å². The number of aromatic hydroxyl groups is 1. The van der Waals surface area contributed by atoms with Crippen LogP contribution in [0, 0.1) is 5.82 Å². The number of amides is 2. The summed E-state index contributed by atoms with van der Waals surface area (Å²) >= 11 is 0. The van der Waals surface area contributed by atoms with Crippen molar-refractivity contribution in [3.63, 3.8) is 0 Å². The highest BCUT2D eigenvalue weighted by Gasteiger charge is 2.24. The number of carbonyl (C=O) groups excluding carboxylic acids is 1. The Hall–Kier alpha value is -3.99. The van der Waals surface area contributed by atoms with Crippen LogP contribution in [-0.4, -0.2) is 58.1 Å². The normalized spacial score (nSPS) is 11.9. The first-order valence-corrected chi connectivity index (χ1v) is 10.5. The van der Waals surface area contributed by atoms with E-state index in [4.69, 9.17) is 9.84 Å². The molecule has 0 aliphatic rings. The van der Waals surface area contributed by atoms with E-state index in [1.54, 1.807) is 25.1 Å². The number of benzene rings is 1. The molecule has 0 saturated carbocycles. The third-order valence-corrected chi connectivity index (χ3v) is 5.09. The van der Waals surface area contributed by atoms with E-state index in [0.717, 1.165) is 5.56 Å². The highest BCUT2D eigenvalue weighted by Crippen LogP contribution is 2.26. The smallest absolute Gasteiger partial charge is 0.404 e. The number of nitrogens with one attached hydrogen (secondary N) is 2. The van der Waals surface area contributed by atoms with Crippen LogP contribution < -0.4 is 16.2 Å². The second kappa shape index (κ2) is 10.8. The number of rotatable bonds is 9. The molecule has 34 heavy (non-hydrogen) atoms. The van der Waals surface area contributed by atoms with Crippen LogP contribution in [0.2, 0.25) is 0 Å². The molecule has 180 valence electrons. The monoisotopic (exact) mass is 472 g/mol. The molecule has 0 bridgehead atoms. The molecule has 2 heterocycles. The van der Waals surface area contributed by atoms with Crippen LogP contribution in [0.4, 0.5) is 9.18 Å². The van der Waals surface area contributed by atoms with Crippen LogP contribution in [0.1, 0.15) is 28.4 Å². The van der Waals surface area contributed by atoms with Crippen molar-refractivity contribution >= 4 is 23.0 Å². The van der Waals surface area contributed by atoms with E-state index >= 15 is 0 Å². The highest BCUT2D eigenvalue weighted by molar-refractivity contribution is 6.01. The molecule has 0 saturated heterocycles. The summed E-state index contributed by atoms with van der Waals surface area (Å²) in [7, 11) is 1.46. The fourth-order valence-corrected chi connectivity index (χ4v) is 3.57. The van der Waals surface area contributed by atoms with Crippen LogP contribution in [-0.2, 0) is 17.7 Å². The lowest BCUT2D eigenvalue weighted by atomic mass is 10.1. The lowest BCUT2D eigenvalue weighted by Gasteiger charge is -2.17. The number of nitrogens with zero attached hydrogens (tertiary/aromatic N) is 2. The predicted molar refractivity (Wildman–Crippen MR) is 122 cm³/mol. The fourth-order valence-electron chi connectivity index (χ4n) is 3.57. The first-order chi connectivity index (χ1) is 16.2. The Morgan fingerprint density at radius 3 is 2.59 bits per heavy atom. The molecule has 2 amide bonds. The van der Waals surface area contributed by atoms with Gasteiger partial charge in [0.1, 0.15) is 16.9 Å². The lowest BCUT2D eigenvalue weighted by molar-refractivity contribution is 0.0901. The minimum atomic E-state index is -1.27. The number of carboxylic acid groups (broad SMARTS) is 1. The molecule has 2 aromatic heterocycles. The summed E-state index contributed by atoms with van der Waals surface area (Å²) in [5.41, 5.74) is 0.433. The van der Waals surface area contributed by atoms with Gasteiger partial charge in [-0.05, 0) is 42.7 Å². The zero-order valence-electron chi connectivity index (χ0n) is 18.7. The Morgan fingerprint density at radius 2 is 1.94 bits per heavy atom. The molecule has 1 atom stereocenters. The Bertz CT molecular complexity index is 1260. The van der Waals surface area contributed by atoms with Gasteiger partial charge in [-0.25, -0.2) is 9.18 Å². The summed E-state index contributed by atoms with van der Waals surface area (Å²) in [6, 6.07) is 7.10. The summed E-state index contributed by atoms with van der Waals surface area (Å²) < 4.78 is 19.4. The number of methoxy groups -OCH3 is 1. The first-order valence-electron chi connectivity index (χ1n) is 10.5. The molecule has 0 aliphatic carbocycles. The number of hydrogen-bond donors (Lipinski definition) is 4. The van der Waals surface area contributed by atoms with Crippen LogP contribution in [0.25, 0.3) is 11.0 Å². The van der Waals surface area contributed by atoms with Gasteiger partial charge in [0.15, 0.2) is 5.75 Å². The molecule has 4 N–H and O–H groups in total. The molecule has 0 fully saturated rings. The molecule has 0 aliphatic heterocycles. The molecule has 3 rings (SSSR count). The van der Waals surface area contributed by atoms with Crippen LogP contribution >= 0.6 is 0 Å². The summed E-state index contributed by atoms with van der Waals surface area (Å²) in [4.78, 5) is 41.2. The van der Waals surface area contributed by atoms with Crippen molar-refractivity contribution in [1.29, 1.82) is 0 Å². The molecule has 0 radical (unpaired) electrons. The van der Waals surface area contributed by atoms with Crippen molar-refractivity contribution in [2.75, 3.05) is 20.3 Å². The minimum Gasteiger partial charge on any atom is -0.505 e. The van der Waals surface area contributed by atoms with Gasteiger partial charge in [0.05, 0.1) is 12.1 Å². The average molecular weight is 472 g/mol. The van der Waals surface area contributed by atoms with E-state index in [-0.39, 0.29) is 36.5 Å². The number of hydrogen-bond acceptors (Lipinski definition) is 6. The Balaban J connectivity index is 2.08. The maximum Gasteiger partial charge on any atom is 0.404 e. The standard InChI is InChI=1S/C23H25FN4O6/c1-13(12-34-2)27-21(30)18-20(29)19-17(28(22(18)31)8-7-25-23(32)33)10-15(11-26-19)9-14-3-5-16(24)6-4-14/h3-6,10-11,13,25,29H,7-9,12H2,1-2H3,(H,27,30)(H,32,33). The van der Waals surface area contributed by atoms with Crippen LogP contribution in [0.3, 0.4) is 0 Å². The largest absolute Gasteiger partial charge is 0.505 e. The average Bonchev–Trinajstić information content (AvgIpc) is 2.77. The summed E-state index contributed by atoms with van der Waals surface area (Å²) in [5, 5.41) is 24.4. The van der Waals surface area contributed by atoms with Gasteiger partial charge < -0.3 is 30.2 Å². The molecule has 11 heteroatoms. The third-order valence-electron chi connectivity index (χ3n) is 5.09. The quantitative estimate of drug-likeness (QED) is 0.372. The second-order valence-electron chi connectivity index (χ2n) is 7.76. The van der Waals surface area contributed by atoms with E-state index in [0.29, 0.717) is 12.0 Å². The van der Waals surface area contributed by atoms with Gasteiger partial charge in [0.25, 0.3) is 11.5 Å². The molecular weight excluding hydrogens is 447 g/mol. The zero-order chi connectivity index (χ0) is 24.8. The van der Waals surface area contributed by atoms with Crippen LogP contribution in [0.15, 0.2) is 41.3 Å². The maximum atomic E-state index is 13.2. The second-order valence-corrected chi connectivity index (χ2v) is 7.76. The first kappa shape index (κ1) is 24.6. The molecular formula is C23H25FN4O6. The van der Waals surface area contributed by atoms with Gasteiger partial charge >= 0.3 is 6.09 Å². The van der Waals surface area contributed by atoms with Gasteiger partial charge in [-0.15, -0.1) is 0 Å². The predicted octanol–water partition coefficient (Wildman–Crippen LogP) is 1.86. The fraction of sp³-hybridized carbons (Fsp3) is 0.304. The minimum absolute atomic E-state index is 0.0160. The van der Waals surface area contributed by atoms with Gasteiger partial charge in [0.2, 0.25) is 0 Å². The Kier molecular flexibility index (Phi) is 7.79. The van der Waals surface area contributed by atoms with Crippen molar-refractivity contribution in [2.45, 2.75) is 25.9 Å². The van der Waals surface area contributed by atoms with Gasteiger partial charge in [-0.2, -0.15) is 0 Å². The number of aromatic nitrogens is 2. The Morgan fingerprint density at radius 1 is 1.24 bits per heavy atom. The van der Waals surface area contributed by atoms with E-state index in [1.807, 2.05) is 0 Å². The number of ether oxygens (including phenoxy) is 1. The molecule has 1 aromatic carbocycles. The van der Waals surface area contributed by atoms with E-state index in [9.17, 15) is 23.9 Å². The van der Waals surface area contributed by atoms with Gasteiger partial charge in [-0.3, -0.25) is 14.6 Å². The van der Waals surface area contributed by atoms with Crippen molar-refractivity contribution in [1.82, 2.24) is 20.2 Å². The van der Waals surface area contributed by atoms with Crippen LogP contribution in [0.5, 0.6) is 5.75 Å². The van der Waals surface area contributed by atoms with Gasteiger partial charge in [-0.1, -0.05) is 12.1 Å². The highest BCUT2D eigenvalue weighted by atomic mass is 19.1. The van der Waals surface area contributed by atoms with Crippen molar-refractivity contribution in [3.8, 4) is 5.75 Å². The molecule has 10 nitrogen and oxygen atoms in total. The van der Waals surface area contributed by atoms with Crippen molar-refractivity contribution in [3.05, 3.63) is 69.4 Å². The van der Waals surface area contributed by atoms with Gasteiger partial charge in [0, 0.05) is 32.4 Å². The SMILES string of the molecule is COCC(C)NC(=O)c1c(O)c2ncc(Cc3ccc(F)cc3)cc2n(CCNC(=O)O)c1=O. The molecule has 1 unspecified atom stereocenters. The lowest BCUT2D eigenvalue weighted by Crippen LogP contribution is -2.40. The van der Waals surface area contributed by atoms with Crippen molar-refractivity contribution < 1.29 is 28.9 Å². The maximum absolute atomic E-state index is 13.2. The zero-order valence-corrected chi connectivity index (χ0v) is 18.7. The van der Waals surface area contributed by atoms with E-state index in [2.05, 4.69) is 15.6 Å². The van der Waals surface area contributed by atoms with E-state index < -0.39 is 34.9 Å². The summed E-state index contributed by atoms with van der Waals surface area (Å²) in [5.74, 6) is -1.74. The summed E-state index contributed by atoms with van der Waals surface area (Å²) in [6.45, 7) is 1.66. The number of carbonyl (C=O) groups is 2. The molecule has 3 aromatic rings. The molecule has 0 spiro atoms. The Labute approximate surface area is 194 Å². The number of fused-ring (bicyclic) bond motifs is 1. The number of pyridine rings is 2. The number of halogens is 1. The van der Waals surface area contributed by atoms with Crippen molar-refractivity contribution in [2.24, 2.45) is 0 Å².